The van der Waals surface area contributed by atoms with Crippen molar-refractivity contribution in [2.75, 3.05) is 19.3 Å². The molecule has 0 aromatic rings. The molecule has 80 valence electrons. The predicted octanol–water partition coefficient (Wildman–Crippen LogP) is 1.07. The highest BCUT2D eigenvalue weighted by Crippen LogP contribution is 2.11. The molecule has 0 radical (unpaired) electrons. The SMILES string of the molecule is CSC(C)CCN1CCC(=O)NC1=O. The van der Waals surface area contributed by atoms with Gasteiger partial charge in [-0.1, -0.05) is 6.92 Å². The zero-order valence-electron chi connectivity index (χ0n) is 8.58. The fourth-order valence-corrected chi connectivity index (χ4v) is 1.61. The lowest BCUT2D eigenvalue weighted by Gasteiger charge is -2.27. The molecule has 0 bridgehead atoms. The van der Waals surface area contributed by atoms with Crippen molar-refractivity contribution in [1.29, 1.82) is 0 Å². The number of carbonyl (C=O) groups excluding carboxylic acids is 2. The van der Waals surface area contributed by atoms with E-state index in [2.05, 4.69) is 18.5 Å². The van der Waals surface area contributed by atoms with E-state index < -0.39 is 0 Å². The molecule has 1 atom stereocenters. The molecule has 1 N–H and O–H groups in total. The first-order chi connectivity index (χ1) is 6.63. The van der Waals surface area contributed by atoms with Gasteiger partial charge in [0.15, 0.2) is 0 Å². The van der Waals surface area contributed by atoms with Crippen molar-refractivity contribution in [2.24, 2.45) is 0 Å². The molecule has 1 aliphatic rings. The van der Waals surface area contributed by atoms with E-state index in [1.807, 2.05) is 0 Å². The summed E-state index contributed by atoms with van der Waals surface area (Å²) in [5, 5.41) is 2.87. The summed E-state index contributed by atoms with van der Waals surface area (Å²) < 4.78 is 0. The minimum Gasteiger partial charge on any atom is -0.324 e. The number of nitrogens with one attached hydrogen (secondary N) is 1. The van der Waals surface area contributed by atoms with Crippen LogP contribution in [0.3, 0.4) is 0 Å². The average molecular weight is 216 g/mol. The summed E-state index contributed by atoms with van der Waals surface area (Å²) >= 11 is 1.79. The van der Waals surface area contributed by atoms with Gasteiger partial charge in [-0.05, 0) is 12.7 Å². The topological polar surface area (TPSA) is 49.4 Å². The Kier molecular flexibility index (Phi) is 4.25. The van der Waals surface area contributed by atoms with E-state index in [9.17, 15) is 9.59 Å². The van der Waals surface area contributed by atoms with Crippen molar-refractivity contribution < 1.29 is 9.59 Å². The molecule has 1 rings (SSSR count). The Morgan fingerprint density at radius 3 is 2.86 bits per heavy atom. The Hall–Kier alpha value is -0.710. The van der Waals surface area contributed by atoms with Crippen molar-refractivity contribution in [2.45, 2.75) is 25.0 Å². The molecule has 1 saturated heterocycles. The van der Waals surface area contributed by atoms with Gasteiger partial charge in [-0.3, -0.25) is 10.1 Å². The summed E-state index contributed by atoms with van der Waals surface area (Å²) in [6, 6.07) is -0.241. The number of carbonyl (C=O) groups is 2. The van der Waals surface area contributed by atoms with Crippen molar-refractivity contribution in [1.82, 2.24) is 10.2 Å². The van der Waals surface area contributed by atoms with Gasteiger partial charge < -0.3 is 4.90 Å². The minimum atomic E-state index is -0.241. The van der Waals surface area contributed by atoms with Crippen LogP contribution in [-0.2, 0) is 4.79 Å². The summed E-state index contributed by atoms with van der Waals surface area (Å²) in [4.78, 5) is 23.8. The molecule has 0 aliphatic carbocycles. The van der Waals surface area contributed by atoms with Crippen molar-refractivity contribution in [3.63, 3.8) is 0 Å². The third-order valence-electron chi connectivity index (χ3n) is 2.35. The number of hydrogen-bond donors (Lipinski definition) is 1. The molecule has 1 unspecified atom stereocenters. The summed E-state index contributed by atoms with van der Waals surface area (Å²) in [5.74, 6) is -0.163. The second-order valence-electron chi connectivity index (χ2n) is 3.43. The van der Waals surface area contributed by atoms with Crippen LogP contribution in [0.25, 0.3) is 0 Å². The summed E-state index contributed by atoms with van der Waals surface area (Å²) in [7, 11) is 0. The van der Waals surface area contributed by atoms with Crippen LogP contribution in [0.2, 0.25) is 0 Å². The van der Waals surface area contributed by atoms with E-state index in [4.69, 9.17) is 0 Å². The second-order valence-corrected chi connectivity index (χ2v) is 4.70. The summed E-state index contributed by atoms with van der Waals surface area (Å²) in [6.45, 7) is 3.44. The molecule has 3 amide bonds. The fraction of sp³-hybridized carbons (Fsp3) is 0.778. The van der Waals surface area contributed by atoms with Gasteiger partial charge in [0, 0.05) is 24.8 Å². The van der Waals surface area contributed by atoms with Gasteiger partial charge >= 0.3 is 6.03 Å². The van der Waals surface area contributed by atoms with Crippen LogP contribution in [0.15, 0.2) is 0 Å². The van der Waals surface area contributed by atoms with Crippen LogP contribution in [0, 0.1) is 0 Å². The van der Waals surface area contributed by atoms with Crippen LogP contribution >= 0.6 is 11.8 Å². The Balaban J connectivity index is 2.31. The summed E-state index contributed by atoms with van der Waals surface area (Å²) in [6.07, 6.45) is 3.46. The van der Waals surface area contributed by atoms with Crippen molar-refractivity contribution >= 4 is 23.7 Å². The fourth-order valence-electron chi connectivity index (χ4n) is 1.27. The van der Waals surface area contributed by atoms with Gasteiger partial charge in [0.2, 0.25) is 5.91 Å². The van der Waals surface area contributed by atoms with E-state index in [1.165, 1.54) is 0 Å². The lowest BCUT2D eigenvalue weighted by Crippen LogP contribution is -2.49. The number of rotatable bonds is 4. The molecule has 1 fully saturated rings. The first-order valence-electron chi connectivity index (χ1n) is 4.75. The van der Waals surface area contributed by atoms with Crippen LogP contribution in [0.5, 0.6) is 0 Å². The molecular formula is C9H16N2O2S. The minimum absolute atomic E-state index is 0.163. The normalized spacial score (nSPS) is 19.4. The maximum atomic E-state index is 11.3. The average Bonchev–Trinajstić information content (AvgIpc) is 2.16. The van der Waals surface area contributed by atoms with E-state index in [0.29, 0.717) is 18.2 Å². The Morgan fingerprint density at radius 2 is 2.29 bits per heavy atom. The first kappa shape index (κ1) is 11.4. The van der Waals surface area contributed by atoms with Gasteiger partial charge in [-0.25, -0.2) is 4.79 Å². The summed E-state index contributed by atoms with van der Waals surface area (Å²) in [5.41, 5.74) is 0. The molecule has 4 nitrogen and oxygen atoms in total. The zero-order valence-corrected chi connectivity index (χ0v) is 9.39. The highest BCUT2D eigenvalue weighted by Gasteiger charge is 2.22. The lowest BCUT2D eigenvalue weighted by atomic mass is 10.2. The first-order valence-corrected chi connectivity index (χ1v) is 6.04. The van der Waals surface area contributed by atoms with E-state index in [0.717, 1.165) is 13.0 Å². The van der Waals surface area contributed by atoms with Gasteiger partial charge in [0.25, 0.3) is 0 Å². The molecule has 1 heterocycles. The van der Waals surface area contributed by atoms with Gasteiger partial charge in [0.1, 0.15) is 0 Å². The maximum absolute atomic E-state index is 11.3. The molecule has 1 aliphatic heterocycles. The number of nitrogens with zero attached hydrogens (tertiary/aromatic N) is 1. The number of thioether (sulfide) groups is 1. The lowest BCUT2D eigenvalue weighted by molar-refractivity contribution is -0.121. The van der Waals surface area contributed by atoms with Crippen molar-refractivity contribution in [3.05, 3.63) is 0 Å². The molecule has 14 heavy (non-hydrogen) atoms. The van der Waals surface area contributed by atoms with Gasteiger partial charge in [-0.2, -0.15) is 11.8 Å². The standard InChI is InChI=1S/C9H16N2O2S/c1-7(14-2)3-5-11-6-4-8(12)10-9(11)13/h7H,3-6H2,1-2H3,(H,10,12,13). The van der Waals surface area contributed by atoms with Crippen LogP contribution < -0.4 is 5.32 Å². The van der Waals surface area contributed by atoms with Crippen LogP contribution in [0.1, 0.15) is 19.8 Å². The van der Waals surface area contributed by atoms with E-state index in [-0.39, 0.29) is 11.9 Å². The zero-order chi connectivity index (χ0) is 10.6. The Bertz CT molecular complexity index is 233. The van der Waals surface area contributed by atoms with E-state index >= 15 is 0 Å². The molecule has 5 heteroatoms. The highest BCUT2D eigenvalue weighted by atomic mass is 32.2. The number of hydrogen-bond acceptors (Lipinski definition) is 3. The number of amides is 3. The van der Waals surface area contributed by atoms with Crippen LogP contribution in [-0.4, -0.2) is 41.4 Å². The molecule has 0 saturated carbocycles. The molecule has 0 aromatic heterocycles. The Morgan fingerprint density at radius 1 is 1.57 bits per heavy atom. The maximum Gasteiger partial charge on any atom is 0.324 e. The molecular weight excluding hydrogens is 200 g/mol. The third kappa shape index (κ3) is 3.21. The molecule has 0 aromatic carbocycles. The Labute approximate surface area is 88.4 Å². The number of urea groups is 1. The van der Waals surface area contributed by atoms with Gasteiger partial charge in [0.05, 0.1) is 0 Å². The third-order valence-corrected chi connectivity index (χ3v) is 3.39. The molecule has 0 spiro atoms. The van der Waals surface area contributed by atoms with Gasteiger partial charge in [-0.15, -0.1) is 0 Å². The smallest absolute Gasteiger partial charge is 0.324 e. The largest absolute Gasteiger partial charge is 0.324 e. The quantitative estimate of drug-likeness (QED) is 0.764. The van der Waals surface area contributed by atoms with Crippen LogP contribution in [0.4, 0.5) is 4.79 Å². The monoisotopic (exact) mass is 216 g/mol. The second kappa shape index (κ2) is 5.24. The highest BCUT2D eigenvalue weighted by molar-refractivity contribution is 7.99. The number of imide groups is 1. The predicted molar refractivity (Wildman–Crippen MR) is 57.3 cm³/mol. The van der Waals surface area contributed by atoms with Crippen molar-refractivity contribution in [3.8, 4) is 0 Å². The van der Waals surface area contributed by atoms with E-state index in [1.54, 1.807) is 16.7 Å².